The van der Waals surface area contributed by atoms with Crippen LogP contribution >= 0.6 is 11.3 Å². The molecule has 144 valence electrons. The number of anilines is 2. The number of nitrogens with one attached hydrogen (secondary N) is 1. The molecular weight excluding hydrogens is 378 g/mol. The molecule has 0 saturated heterocycles. The molecule has 0 spiro atoms. The first-order valence-electron chi connectivity index (χ1n) is 9.30. The van der Waals surface area contributed by atoms with Crippen molar-refractivity contribution in [3.8, 4) is 21.8 Å². The van der Waals surface area contributed by atoms with E-state index in [0.717, 1.165) is 33.2 Å². The van der Waals surface area contributed by atoms with Gasteiger partial charge in [-0.15, -0.1) is 11.3 Å². The van der Waals surface area contributed by atoms with Gasteiger partial charge in [0.15, 0.2) is 0 Å². The van der Waals surface area contributed by atoms with Crippen LogP contribution in [0.2, 0.25) is 0 Å². The molecule has 0 unspecified atom stereocenters. The van der Waals surface area contributed by atoms with E-state index in [0.29, 0.717) is 5.56 Å². The Bertz CT molecular complexity index is 1140. The highest BCUT2D eigenvalue weighted by Gasteiger charge is 2.10. The third kappa shape index (κ3) is 4.36. The molecule has 3 aromatic carbocycles. The van der Waals surface area contributed by atoms with Gasteiger partial charge in [-0.1, -0.05) is 48.5 Å². The van der Waals surface area contributed by atoms with Crippen molar-refractivity contribution in [2.45, 2.75) is 0 Å². The van der Waals surface area contributed by atoms with Crippen molar-refractivity contribution < 1.29 is 4.79 Å². The molecule has 5 heteroatoms. The zero-order chi connectivity index (χ0) is 20.2. The second-order valence-corrected chi connectivity index (χ2v) is 7.74. The molecule has 4 nitrogen and oxygen atoms in total. The highest BCUT2D eigenvalue weighted by molar-refractivity contribution is 7.13. The van der Waals surface area contributed by atoms with Gasteiger partial charge in [0.1, 0.15) is 5.01 Å². The van der Waals surface area contributed by atoms with Crippen molar-refractivity contribution in [1.29, 1.82) is 0 Å². The fraction of sp³-hybridized carbons (Fsp3) is 0.0833. The summed E-state index contributed by atoms with van der Waals surface area (Å²) >= 11 is 1.62. The summed E-state index contributed by atoms with van der Waals surface area (Å²) in [4.78, 5) is 19.4. The first-order valence-corrected chi connectivity index (χ1v) is 10.2. The lowest BCUT2D eigenvalue weighted by molar-refractivity contribution is 0.102. The largest absolute Gasteiger partial charge is 0.378 e. The van der Waals surface area contributed by atoms with Gasteiger partial charge in [-0.25, -0.2) is 4.98 Å². The van der Waals surface area contributed by atoms with Crippen molar-refractivity contribution in [3.05, 3.63) is 89.8 Å². The number of hydrogen-bond acceptors (Lipinski definition) is 4. The van der Waals surface area contributed by atoms with E-state index in [-0.39, 0.29) is 5.91 Å². The van der Waals surface area contributed by atoms with E-state index in [9.17, 15) is 4.79 Å². The second-order valence-electron chi connectivity index (χ2n) is 6.88. The van der Waals surface area contributed by atoms with Crippen LogP contribution in [0.4, 0.5) is 11.4 Å². The summed E-state index contributed by atoms with van der Waals surface area (Å²) in [5, 5.41) is 6.02. The molecular formula is C24H21N3OS. The lowest BCUT2D eigenvalue weighted by Gasteiger charge is -2.13. The molecule has 0 bridgehead atoms. The van der Waals surface area contributed by atoms with E-state index in [1.54, 1.807) is 11.3 Å². The molecule has 0 aliphatic rings. The van der Waals surface area contributed by atoms with Crippen LogP contribution in [0, 0.1) is 0 Å². The van der Waals surface area contributed by atoms with Crippen LogP contribution in [-0.2, 0) is 0 Å². The number of thiazole rings is 1. The standard InChI is InChI=1S/C24H21N3OS/c1-27(2)21-13-7-11-19(15-21)23(28)25-20-12-6-10-18(14-20)22-16-29-24(26-22)17-8-4-3-5-9-17/h3-16H,1-2H3,(H,25,28). The van der Waals surface area contributed by atoms with Gasteiger partial charge in [-0.3, -0.25) is 4.79 Å². The average Bonchev–Trinajstić information content (AvgIpc) is 3.25. The van der Waals surface area contributed by atoms with E-state index in [1.165, 1.54) is 0 Å². The van der Waals surface area contributed by atoms with Crippen molar-refractivity contribution in [3.63, 3.8) is 0 Å². The highest BCUT2D eigenvalue weighted by Crippen LogP contribution is 2.30. The molecule has 1 heterocycles. The fourth-order valence-corrected chi connectivity index (χ4v) is 3.84. The number of hydrogen-bond donors (Lipinski definition) is 1. The lowest BCUT2D eigenvalue weighted by atomic mass is 10.1. The third-order valence-corrected chi connectivity index (χ3v) is 5.46. The van der Waals surface area contributed by atoms with Gasteiger partial charge in [0.05, 0.1) is 5.69 Å². The Balaban J connectivity index is 1.54. The maximum atomic E-state index is 12.7. The number of carbonyl (C=O) groups is 1. The smallest absolute Gasteiger partial charge is 0.255 e. The predicted molar refractivity (Wildman–Crippen MR) is 122 cm³/mol. The Hall–Kier alpha value is -3.44. The normalized spacial score (nSPS) is 10.6. The molecule has 0 atom stereocenters. The summed E-state index contributed by atoms with van der Waals surface area (Å²) in [6, 6.07) is 25.5. The van der Waals surface area contributed by atoms with Gasteiger partial charge in [0.2, 0.25) is 0 Å². The van der Waals surface area contributed by atoms with E-state index >= 15 is 0 Å². The lowest BCUT2D eigenvalue weighted by Crippen LogP contribution is -2.14. The maximum Gasteiger partial charge on any atom is 0.255 e. The van der Waals surface area contributed by atoms with Gasteiger partial charge < -0.3 is 10.2 Å². The van der Waals surface area contributed by atoms with Crippen molar-refractivity contribution >= 4 is 28.6 Å². The summed E-state index contributed by atoms with van der Waals surface area (Å²) in [7, 11) is 3.91. The number of nitrogens with zero attached hydrogens (tertiary/aromatic N) is 2. The molecule has 1 N–H and O–H groups in total. The molecule has 4 rings (SSSR count). The molecule has 1 aromatic heterocycles. The summed E-state index contributed by atoms with van der Waals surface area (Å²) < 4.78 is 0. The Morgan fingerprint density at radius 3 is 2.45 bits per heavy atom. The van der Waals surface area contributed by atoms with Crippen LogP contribution in [0.1, 0.15) is 10.4 Å². The molecule has 0 aliphatic carbocycles. The van der Waals surface area contributed by atoms with Crippen molar-refractivity contribution in [2.75, 3.05) is 24.3 Å². The molecule has 0 fully saturated rings. The van der Waals surface area contributed by atoms with Gasteiger partial charge in [-0.2, -0.15) is 0 Å². The van der Waals surface area contributed by atoms with Gasteiger partial charge in [0, 0.05) is 47.5 Å². The quantitative estimate of drug-likeness (QED) is 0.462. The number of benzene rings is 3. The van der Waals surface area contributed by atoms with Gasteiger partial charge in [-0.05, 0) is 30.3 Å². The molecule has 0 aliphatic heterocycles. The second kappa shape index (κ2) is 8.29. The first kappa shape index (κ1) is 18.9. The summed E-state index contributed by atoms with van der Waals surface area (Å²) in [5.74, 6) is -0.130. The highest BCUT2D eigenvalue weighted by atomic mass is 32.1. The van der Waals surface area contributed by atoms with E-state index in [2.05, 4.69) is 17.4 Å². The van der Waals surface area contributed by atoms with Gasteiger partial charge >= 0.3 is 0 Å². The minimum atomic E-state index is -0.130. The first-order chi connectivity index (χ1) is 14.1. The number of rotatable bonds is 5. The Kier molecular flexibility index (Phi) is 5.40. The Morgan fingerprint density at radius 1 is 0.897 bits per heavy atom. The van der Waals surface area contributed by atoms with Crippen LogP contribution < -0.4 is 10.2 Å². The number of carbonyl (C=O) groups excluding carboxylic acids is 1. The minimum Gasteiger partial charge on any atom is -0.378 e. The monoisotopic (exact) mass is 399 g/mol. The minimum absolute atomic E-state index is 0.130. The summed E-state index contributed by atoms with van der Waals surface area (Å²) in [6.07, 6.45) is 0. The molecule has 0 saturated carbocycles. The average molecular weight is 400 g/mol. The third-order valence-electron chi connectivity index (χ3n) is 4.57. The predicted octanol–water partition coefficient (Wildman–Crippen LogP) is 5.80. The number of aromatic nitrogens is 1. The van der Waals surface area contributed by atoms with E-state index < -0.39 is 0 Å². The zero-order valence-corrected chi connectivity index (χ0v) is 17.1. The summed E-state index contributed by atoms with van der Waals surface area (Å²) in [6.45, 7) is 0. The van der Waals surface area contributed by atoms with Gasteiger partial charge in [0.25, 0.3) is 5.91 Å². The van der Waals surface area contributed by atoms with Crippen molar-refractivity contribution in [1.82, 2.24) is 4.98 Å². The van der Waals surface area contributed by atoms with E-state index in [4.69, 9.17) is 4.98 Å². The van der Waals surface area contributed by atoms with Crippen LogP contribution in [-0.4, -0.2) is 25.0 Å². The number of amides is 1. The van der Waals surface area contributed by atoms with Crippen LogP contribution in [0.5, 0.6) is 0 Å². The van der Waals surface area contributed by atoms with Crippen molar-refractivity contribution in [2.24, 2.45) is 0 Å². The Morgan fingerprint density at radius 2 is 1.66 bits per heavy atom. The molecule has 4 aromatic rings. The maximum absolute atomic E-state index is 12.7. The molecule has 1 amide bonds. The fourth-order valence-electron chi connectivity index (χ4n) is 3.00. The van der Waals surface area contributed by atoms with E-state index in [1.807, 2.05) is 91.1 Å². The van der Waals surface area contributed by atoms with Crippen LogP contribution in [0.3, 0.4) is 0 Å². The zero-order valence-electron chi connectivity index (χ0n) is 16.3. The van der Waals surface area contributed by atoms with Crippen LogP contribution in [0.25, 0.3) is 21.8 Å². The van der Waals surface area contributed by atoms with Crippen LogP contribution in [0.15, 0.2) is 84.2 Å². The molecule has 0 radical (unpaired) electrons. The topological polar surface area (TPSA) is 45.2 Å². The Labute approximate surface area is 174 Å². The molecule has 29 heavy (non-hydrogen) atoms. The SMILES string of the molecule is CN(C)c1cccc(C(=O)Nc2cccc(-c3csc(-c4ccccc4)n3)c2)c1. The summed E-state index contributed by atoms with van der Waals surface area (Å²) in [5.41, 5.74) is 5.35.